The zero-order valence-electron chi connectivity index (χ0n) is 19.0. The number of amides is 1. The first-order valence-corrected chi connectivity index (χ1v) is 10.8. The molecule has 0 fully saturated rings. The maximum atomic E-state index is 13.1. The van der Waals surface area contributed by atoms with Crippen LogP contribution in [0.5, 0.6) is 11.5 Å². The number of aryl methyl sites for hydroxylation is 1. The zero-order valence-corrected chi connectivity index (χ0v) is 19.0. The number of carbonyl (C=O) groups is 1. The molecule has 3 rings (SSSR count). The van der Waals surface area contributed by atoms with Crippen LogP contribution < -0.4 is 14.8 Å². The summed E-state index contributed by atoms with van der Waals surface area (Å²) in [6.45, 7) is 10.4. The highest BCUT2D eigenvalue weighted by Gasteiger charge is 2.36. The second kappa shape index (κ2) is 9.52. The van der Waals surface area contributed by atoms with Crippen molar-refractivity contribution >= 4 is 5.91 Å². The Hall–Kier alpha value is -2.53. The normalized spacial score (nSPS) is 17.4. The number of hydrogen-bond donors (Lipinski definition) is 1. The van der Waals surface area contributed by atoms with Crippen LogP contribution in [-0.2, 0) is 6.42 Å². The van der Waals surface area contributed by atoms with Crippen molar-refractivity contribution in [2.45, 2.75) is 46.2 Å². The van der Waals surface area contributed by atoms with Crippen LogP contribution in [0.15, 0.2) is 36.4 Å². The lowest BCUT2D eigenvalue weighted by atomic mass is 9.83. The summed E-state index contributed by atoms with van der Waals surface area (Å²) in [5.41, 5.74) is 4.31. The minimum atomic E-state index is -0.0316. The van der Waals surface area contributed by atoms with Crippen molar-refractivity contribution < 1.29 is 14.3 Å². The Labute approximate surface area is 180 Å². The fourth-order valence-electron chi connectivity index (χ4n) is 4.35. The second-order valence-electron chi connectivity index (χ2n) is 8.34. The number of carbonyl (C=O) groups excluding carboxylic acids is 1. The molecule has 0 spiro atoms. The Morgan fingerprint density at radius 3 is 2.33 bits per heavy atom. The molecule has 0 unspecified atom stereocenters. The number of rotatable bonds is 7. The van der Waals surface area contributed by atoms with E-state index in [9.17, 15) is 4.79 Å². The fraction of sp³-hybridized carbons (Fsp3) is 0.480. The predicted molar refractivity (Wildman–Crippen MR) is 121 cm³/mol. The van der Waals surface area contributed by atoms with Gasteiger partial charge in [-0.2, -0.15) is 0 Å². The van der Waals surface area contributed by atoms with Crippen molar-refractivity contribution in [2.75, 3.05) is 27.3 Å². The Morgan fingerprint density at radius 1 is 1.13 bits per heavy atom. The van der Waals surface area contributed by atoms with E-state index in [-0.39, 0.29) is 23.9 Å². The number of ether oxygens (including phenoxy) is 2. The van der Waals surface area contributed by atoms with Gasteiger partial charge in [0.1, 0.15) is 0 Å². The lowest BCUT2D eigenvalue weighted by molar-refractivity contribution is 0.0834. The first kappa shape index (κ1) is 22.2. The number of nitrogens with zero attached hydrogens (tertiary/aromatic N) is 1. The number of hydrogen-bond acceptors (Lipinski definition) is 4. The summed E-state index contributed by atoms with van der Waals surface area (Å²) in [4.78, 5) is 15.5. The molecule has 5 nitrogen and oxygen atoms in total. The van der Waals surface area contributed by atoms with Gasteiger partial charge in [0.25, 0.3) is 5.91 Å². The molecule has 2 aromatic rings. The quantitative estimate of drug-likeness (QED) is 0.736. The highest BCUT2D eigenvalue weighted by molar-refractivity contribution is 5.94. The first-order valence-electron chi connectivity index (χ1n) is 10.8. The average Bonchev–Trinajstić information content (AvgIpc) is 2.75. The van der Waals surface area contributed by atoms with Crippen molar-refractivity contribution in [2.24, 2.45) is 5.92 Å². The minimum Gasteiger partial charge on any atom is -0.493 e. The summed E-state index contributed by atoms with van der Waals surface area (Å²) in [5.74, 6) is 1.71. The molecule has 1 N–H and O–H groups in total. The summed E-state index contributed by atoms with van der Waals surface area (Å²) >= 11 is 0. The van der Waals surface area contributed by atoms with E-state index in [1.807, 2.05) is 31.2 Å². The van der Waals surface area contributed by atoms with Crippen LogP contribution in [0.2, 0.25) is 0 Å². The van der Waals surface area contributed by atoms with Gasteiger partial charge >= 0.3 is 0 Å². The van der Waals surface area contributed by atoms with Crippen LogP contribution >= 0.6 is 0 Å². The molecule has 1 aliphatic rings. The van der Waals surface area contributed by atoms with Gasteiger partial charge in [0.15, 0.2) is 11.5 Å². The third-order valence-electron chi connectivity index (χ3n) is 6.10. The van der Waals surface area contributed by atoms with E-state index in [1.54, 1.807) is 14.2 Å². The van der Waals surface area contributed by atoms with E-state index in [1.165, 1.54) is 11.1 Å². The van der Waals surface area contributed by atoms with Gasteiger partial charge in [-0.1, -0.05) is 38.5 Å². The molecule has 2 atom stereocenters. The number of benzene rings is 2. The van der Waals surface area contributed by atoms with E-state index >= 15 is 0 Å². The summed E-state index contributed by atoms with van der Waals surface area (Å²) < 4.78 is 11.1. The molecule has 1 heterocycles. The van der Waals surface area contributed by atoms with Gasteiger partial charge in [0.05, 0.1) is 26.3 Å². The Morgan fingerprint density at radius 2 is 1.77 bits per heavy atom. The lowest BCUT2D eigenvalue weighted by Gasteiger charge is -2.43. The van der Waals surface area contributed by atoms with Gasteiger partial charge in [-0.3, -0.25) is 9.69 Å². The SMILES string of the molecule is CCN1CCc2cc(OC)c(OC)cc2[C@@H]1[C@H](NC(=O)c1ccc(C)cc1)C(C)C. The number of methoxy groups -OCH3 is 2. The topological polar surface area (TPSA) is 50.8 Å². The largest absolute Gasteiger partial charge is 0.493 e. The predicted octanol–water partition coefficient (Wildman–Crippen LogP) is 4.39. The van der Waals surface area contributed by atoms with Crippen LogP contribution in [0.4, 0.5) is 0 Å². The highest BCUT2D eigenvalue weighted by atomic mass is 16.5. The molecular weight excluding hydrogens is 376 g/mol. The molecule has 2 aromatic carbocycles. The van der Waals surface area contributed by atoms with Crippen LogP contribution in [0.25, 0.3) is 0 Å². The van der Waals surface area contributed by atoms with Gasteiger partial charge in [0.2, 0.25) is 0 Å². The van der Waals surface area contributed by atoms with E-state index < -0.39 is 0 Å². The molecular formula is C25H34N2O3. The lowest BCUT2D eigenvalue weighted by Crippen LogP contribution is -2.51. The van der Waals surface area contributed by atoms with Gasteiger partial charge in [0, 0.05) is 12.1 Å². The molecule has 0 aromatic heterocycles. The second-order valence-corrected chi connectivity index (χ2v) is 8.34. The van der Waals surface area contributed by atoms with Gasteiger partial charge in [-0.15, -0.1) is 0 Å². The van der Waals surface area contributed by atoms with Crippen molar-refractivity contribution in [3.8, 4) is 11.5 Å². The molecule has 0 saturated carbocycles. The third-order valence-corrected chi connectivity index (χ3v) is 6.10. The van der Waals surface area contributed by atoms with E-state index in [0.29, 0.717) is 5.56 Å². The zero-order chi connectivity index (χ0) is 21.8. The number of fused-ring (bicyclic) bond motifs is 1. The average molecular weight is 411 g/mol. The highest BCUT2D eigenvalue weighted by Crippen LogP contribution is 2.40. The van der Waals surface area contributed by atoms with Crippen LogP contribution in [-0.4, -0.2) is 44.2 Å². The molecule has 1 aliphatic heterocycles. The number of nitrogens with one attached hydrogen (secondary N) is 1. The molecule has 1 amide bonds. The first-order chi connectivity index (χ1) is 14.4. The smallest absolute Gasteiger partial charge is 0.251 e. The van der Waals surface area contributed by atoms with Crippen molar-refractivity contribution in [1.29, 1.82) is 0 Å². The molecule has 0 radical (unpaired) electrons. The minimum absolute atomic E-state index is 0.0302. The van der Waals surface area contributed by atoms with Gasteiger partial charge in [-0.05, 0) is 61.2 Å². The van der Waals surface area contributed by atoms with E-state index in [2.05, 4.69) is 43.1 Å². The Kier molecular flexibility index (Phi) is 7.03. The third kappa shape index (κ3) is 4.46. The molecule has 0 bridgehead atoms. The van der Waals surface area contributed by atoms with E-state index in [0.717, 1.165) is 36.6 Å². The maximum absolute atomic E-state index is 13.1. The van der Waals surface area contributed by atoms with Gasteiger partial charge in [-0.25, -0.2) is 0 Å². The van der Waals surface area contributed by atoms with Crippen LogP contribution in [0.1, 0.15) is 53.9 Å². The summed E-state index contributed by atoms with van der Waals surface area (Å²) in [6.07, 6.45) is 0.955. The molecule has 162 valence electrons. The Balaban J connectivity index is 2.00. The monoisotopic (exact) mass is 410 g/mol. The van der Waals surface area contributed by atoms with Crippen LogP contribution in [0.3, 0.4) is 0 Å². The Bertz CT molecular complexity index is 877. The fourth-order valence-corrected chi connectivity index (χ4v) is 4.35. The van der Waals surface area contributed by atoms with Crippen molar-refractivity contribution in [1.82, 2.24) is 10.2 Å². The van der Waals surface area contributed by atoms with E-state index in [4.69, 9.17) is 9.47 Å². The van der Waals surface area contributed by atoms with Gasteiger partial charge < -0.3 is 14.8 Å². The molecule has 5 heteroatoms. The standard InChI is InChI=1S/C25H34N2O3/c1-7-27-13-12-19-14-21(29-5)22(30-6)15-20(19)24(27)23(16(2)3)26-25(28)18-10-8-17(4)9-11-18/h8-11,14-16,23-24H,7,12-13H2,1-6H3,(H,26,28)/t23-,24-/m1/s1. The summed E-state index contributed by atoms with van der Waals surface area (Å²) in [5, 5.41) is 3.34. The maximum Gasteiger partial charge on any atom is 0.251 e. The van der Waals surface area contributed by atoms with Crippen LogP contribution in [0, 0.1) is 12.8 Å². The summed E-state index contributed by atoms with van der Waals surface area (Å²) in [6, 6.07) is 12.0. The number of likely N-dealkylation sites (N-methyl/N-ethyl adjacent to an activating group) is 1. The molecule has 0 aliphatic carbocycles. The molecule has 30 heavy (non-hydrogen) atoms. The molecule has 0 saturated heterocycles. The van der Waals surface area contributed by atoms with Crippen molar-refractivity contribution in [3.05, 3.63) is 58.7 Å². The van der Waals surface area contributed by atoms with Crippen molar-refractivity contribution in [3.63, 3.8) is 0 Å². The summed E-state index contributed by atoms with van der Waals surface area (Å²) in [7, 11) is 3.33.